The van der Waals surface area contributed by atoms with Gasteiger partial charge >= 0.3 is 6.18 Å². The first kappa shape index (κ1) is 13.6. The highest BCUT2D eigenvalue weighted by molar-refractivity contribution is 5.68. The summed E-state index contributed by atoms with van der Waals surface area (Å²) >= 11 is 0. The molecule has 0 bridgehead atoms. The lowest BCUT2D eigenvalue weighted by molar-refractivity contribution is -0.137. The molecule has 0 saturated heterocycles. The fourth-order valence-corrected chi connectivity index (χ4v) is 2.00. The zero-order valence-corrected chi connectivity index (χ0v) is 10.1. The van der Waals surface area contributed by atoms with Gasteiger partial charge in [-0.3, -0.25) is 0 Å². The van der Waals surface area contributed by atoms with Crippen LogP contribution in [0, 0.1) is 0 Å². The van der Waals surface area contributed by atoms with E-state index in [2.05, 4.69) is 0 Å². The van der Waals surface area contributed by atoms with Crippen LogP contribution in [0.25, 0.3) is 11.1 Å². The SMILES string of the molecule is OCCc1ccccc1-c1cccc(C(F)(F)F)c1. The van der Waals surface area contributed by atoms with Crippen LogP contribution in [-0.4, -0.2) is 11.7 Å². The van der Waals surface area contributed by atoms with Crippen LogP contribution >= 0.6 is 0 Å². The molecule has 0 saturated carbocycles. The standard InChI is InChI=1S/C15H13F3O/c16-15(17,18)13-6-3-5-12(10-13)14-7-2-1-4-11(14)8-9-19/h1-7,10,19H,8-9H2. The Morgan fingerprint density at radius 2 is 1.68 bits per heavy atom. The van der Waals surface area contributed by atoms with E-state index in [1.54, 1.807) is 18.2 Å². The molecule has 0 spiro atoms. The van der Waals surface area contributed by atoms with Gasteiger partial charge in [-0.15, -0.1) is 0 Å². The van der Waals surface area contributed by atoms with Crippen molar-refractivity contribution in [3.8, 4) is 11.1 Å². The molecule has 1 N–H and O–H groups in total. The first-order valence-corrected chi connectivity index (χ1v) is 5.89. The molecular weight excluding hydrogens is 253 g/mol. The summed E-state index contributed by atoms with van der Waals surface area (Å²) in [5, 5.41) is 8.99. The minimum atomic E-state index is -4.35. The van der Waals surface area contributed by atoms with E-state index in [0.29, 0.717) is 12.0 Å². The molecule has 100 valence electrons. The van der Waals surface area contributed by atoms with Crippen molar-refractivity contribution in [3.63, 3.8) is 0 Å². The molecule has 0 aliphatic carbocycles. The molecule has 0 aliphatic heterocycles. The molecule has 0 unspecified atom stereocenters. The van der Waals surface area contributed by atoms with E-state index in [-0.39, 0.29) is 6.61 Å². The number of rotatable bonds is 3. The van der Waals surface area contributed by atoms with E-state index in [1.807, 2.05) is 12.1 Å². The maximum atomic E-state index is 12.7. The second-order valence-corrected chi connectivity index (χ2v) is 4.21. The molecule has 0 heterocycles. The molecule has 1 nitrogen and oxygen atoms in total. The van der Waals surface area contributed by atoms with Gasteiger partial charge in [-0.1, -0.05) is 36.4 Å². The highest BCUT2D eigenvalue weighted by Gasteiger charge is 2.30. The fraction of sp³-hybridized carbons (Fsp3) is 0.200. The first-order chi connectivity index (χ1) is 9.02. The Hall–Kier alpha value is -1.81. The van der Waals surface area contributed by atoms with Crippen molar-refractivity contribution in [2.45, 2.75) is 12.6 Å². The van der Waals surface area contributed by atoms with Crippen LogP contribution in [0.2, 0.25) is 0 Å². The van der Waals surface area contributed by atoms with Crippen LogP contribution in [0.15, 0.2) is 48.5 Å². The minimum Gasteiger partial charge on any atom is -0.396 e. The van der Waals surface area contributed by atoms with Crippen LogP contribution < -0.4 is 0 Å². The predicted molar refractivity (Wildman–Crippen MR) is 67.7 cm³/mol. The Morgan fingerprint density at radius 3 is 2.37 bits per heavy atom. The van der Waals surface area contributed by atoms with Gasteiger partial charge in [-0.05, 0) is 35.2 Å². The van der Waals surface area contributed by atoms with Crippen molar-refractivity contribution in [2.75, 3.05) is 6.61 Å². The van der Waals surface area contributed by atoms with E-state index >= 15 is 0 Å². The molecule has 0 aromatic heterocycles. The average Bonchev–Trinajstić information content (AvgIpc) is 2.39. The zero-order valence-electron chi connectivity index (χ0n) is 10.1. The lowest BCUT2D eigenvalue weighted by Crippen LogP contribution is -2.04. The number of benzene rings is 2. The summed E-state index contributed by atoms with van der Waals surface area (Å²) in [6.45, 7) is -0.0318. The predicted octanol–water partition coefficient (Wildman–Crippen LogP) is 3.91. The van der Waals surface area contributed by atoms with Gasteiger partial charge in [0.15, 0.2) is 0 Å². The molecule has 4 heteroatoms. The molecule has 0 amide bonds. The number of aliphatic hydroxyl groups is 1. The Balaban J connectivity index is 2.48. The van der Waals surface area contributed by atoms with Crippen molar-refractivity contribution < 1.29 is 18.3 Å². The van der Waals surface area contributed by atoms with Crippen LogP contribution in [0.3, 0.4) is 0 Å². The van der Waals surface area contributed by atoms with Crippen LogP contribution in [-0.2, 0) is 12.6 Å². The first-order valence-electron chi connectivity index (χ1n) is 5.89. The Morgan fingerprint density at radius 1 is 0.947 bits per heavy atom. The van der Waals surface area contributed by atoms with Crippen molar-refractivity contribution in [3.05, 3.63) is 59.7 Å². The molecular formula is C15H13F3O. The van der Waals surface area contributed by atoms with E-state index in [1.165, 1.54) is 6.07 Å². The summed E-state index contributed by atoms with van der Waals surface area (Å²) in [4.78, 5) is 0. The summed E-state index contributed by atoms with van der Waals surface area (Å²) < 4.78 is 38.1. The fourth-order valence-electron chi connectivity index (χ4n) is 2.00. The molecule has 2 rings (SSSR count). The monoisotopic (exact) mass is 266 g/mol. The molecule has 0 radical (unpaired) electrons. The Kier molecular flexibility index (Phi) is 3.90. The van der Waals surface area contributed by atoms with E-state index in [4.69, 9.17) is 5.11 Å². The summed E-state index contributed by atoms with van der Waals surface area (Å²) in [6, 6.07) is 12.4. The zero-order chi connectivity index (χ0) is 13.9. The highest BCUT2D eigenvalue weighted by Crippen LogP contribution is 2.33. The number of aliphatic hydroxyl groups excluding tert-OH is 1. The Bertz CT molecular complexity index is 561. The maximum Gasteiger partial charge on any atom is 0.416 e. The maximum absolute atomic E-state index is 12.7. The van der Waals surface area contributed by atoms with E-state index in [9.17, 15) is 13.2 Å². The van der Waals surface area contributed by atoms with Crippen molar-refractivity contribution in [1.29, 1.82) is 0 Å². The normalized spacial score (nSPS) is 11.6. The van der Waals surface area contributed by atoms with Gasteiger partial charge < -0.3 is 5.11 Å². The average molecular weight is 266 g/mol. The molecule has 0 atom stereocenters. The number of hydrogen-bond acceptors (Lipinski definition) is 1. The van der Waals surface area contributed by atoms with Gasteiger partial charge in [0.25, 0.3) is 0 Å². The van der Waals surface area contributed by atoms with Gasteiger partial charge in [0.1, 0.15) is 0 Å². The third-order valence-electron chi connectivity index (χ3n) is 2.90. The number of hydrogen-bond donors (Lipinski definition) is 1. The number of alkyl halides is 3. The quantitative estimate of drug-likeness (QED) is 0.893. The van der Waals surface area contributed by atoms with Gasteiger partial charge in [0, 0.05) is 6.61 Å². The lowest BCUT2D eigenvalue weighted by atomic mass is 9.96. The van der Waals surface area contributed by atoms with Crippen LogP contribution in [0.5, 0.6) is 0 Å². The van der Waals surface area contributed by atoms with Crippen LogP contribution in [0.4, 0.5) is 13.2 Å². The largest absolute Gasteiger partial charge is 0.416 e. The van der Waals surface area contributed by atoms with E-state index < -0.39 is 11.7 Å². The molecule has 0 fully saturated rings. The van der Waals surface area contributed by atoms with Gasteiger partial charge in [0.2, 0.25) is 0 Å². The molecule has 19 heavy (non-hydrogen) atoms. The molecule has 2 aromatic rings. The van der Waals surface area contributed by atoms with E-state index in [0.717, 1.165) is 23.3 Å². The van der Waals surface area contributed by atoms with Gasteiger partial charge in [0.05, 0.1) is 5.56 Å². The highest BCUT2D eigenvalue weighted by atomic mass is 19.4. The topological polar surface area (TPSA) is 20.2 Å². The van der Waals surface area contributed by atoms with Gasteiger partial charge in [-0.2, -0.15) is 13.2 Å². The van der Waals surface area contributed by atoms with Crippen molar-refractivity contribution >= 4 is 0 Å². The second-order valence-electron chi connectivity index (χ2n) is 4.21. The van der Waals surface area contributed by atoms with Crippen LogP contribution in [0.1, 0.15) is 11.1 Å². The third kappa shape index (κ3) is 3.15. The van der Waals surface area contributed by atoms with Gasteiger partial charge in [-0.25, -0.2) is 0 Å². The van der Waals surface area contributed by atoms with Crippen molar-refractivity contribution in [1.82, 2.24) is 0 Å². The summed E-state index contributed by atoms with van der Waals surface area (Å²) in [5.41, 5.74) is 1.41. The summed E-state index contributed by atoms with van der Waals surface area (Å²) in [7, 11) is 0. The Labute approximate surface area is 109 Å². The minimum absolute atomic E-state index is 0.0318. The molecule has 2 aromatic carbocycles. The van der Waals surface area contributed by atoms with Crippen molar-refractivity contribution in [2.24, 2.45) is 0 Å². The molecule has 0 aliphatic rings. The lowest BCUT2D eigenvalue weighted by Gasteiger charge is -2.11. The smallest absolute Gasteiger partial charge is 0.396 e. The summed E-state index contributed by atoms with van der Waals surface area (Å²) in [5.74, 6) is 0. The number of halogens is 3. The third-order valence-corrected chi connectivity index (χ3v) is 2.90. The second kappa shape index (κ2) is 5.45. The summed E-state index contributed by atoms with van der Waals surface area (Å²) in [6.07, 6.45) is -3.92.